The Morgan fingerprint density at radius 2 is 2.03 bits per heavy atom. The summed E-state index contributed by atoms with van der Waals surface area (Å²) in [6, 6.07) is 12.5. The molecule has 0 spiro atoms. The second-order valence-electron chi connectivity index (χ2n) is 6.97. The van der Waals surface area contributed by atoms with E-state index in [1.807, 2.05) is 23.1 Å². The molecule has 4 N–H and O–H groups in total. The highest BCUT2D eigenvalue weighted by molar-refractivity contribution is 5.94. The molecule has 0 bridgehead atoms. The first-order chi connectivity index (χ1) is 15.0. The first-order valence-electron chi connectivity index (χ1n) is 9.80. The van der Waals surface area contributed by atoms with Crippen LogP contribution < -0.4 is 21.5 Å². The Morgan fingerprint density at radius 3 is 2.74 bits per heavy atom. The quantitative estimate of drug-likeness (QED) is 0.278. The van der Waals surface area contributed by atoms with Crippen LogP contribution in [0.5, 0.6) is 0 Å². The van der Waals surface area contributed by atoms with E-state index in [1.165, 1.54) is 0 Å². The average molecular weight is 417 g/mol. The molecule has 1 aromatic heterocycles. The van der Waals surface area contributed by atoms with Crippen LogP contribution in [0.15, 0.2) is 47.3 Å². The largest absolute Gasteiger partial charge is 0.369 e. The van der Waals surface area contributed by atoms with E-state index in [1.54, 1.807) is 24.3 Å². The maximum atomic E-state index is 12.2. The van der Waals surface area contributed by atoms with Crippen molar-refractivity contribution < 1.29 is 9.59 Å². The standard InChI is InChI=1S/C23H23N5O3/c1-2-12-28(15-16-5-10-20-19(14-16)22(31)27-23(24)26-20)18-8-6-17(7-9-18)21(30)25-11-3-4-13-29/h1,5-10,13-14H,3-4,11-12,15H2,(H,25,30)(H3,24,26,27,31). The van der Waals surface area contributed by atoms with Crippen LogP contribution in [0.4, 0.5) is 11.6 Å². The lowest BCUT2D eigenvalue weighted by atomic mass is 10.1. The van der Waals surface area contributed by atoms with Crippen LogP contribution in [0, 0.1) is 12.3 Å². The van der Waals surface area contributed by atoms with E-state index in [0.29, 0.717) is 48.9 Å². The number of rotatable bonds is 9. The number of anilines is 2. The Morgan fingerprint density at radius 1 is 1.26 bits per heavy atom. The highest BCUT2D eigenvalue weighted by Gasteiger charge is 2.11. The summed E-state index contributed by atoms with van der Waals surface area (Å²) in [5.41, 5.74) is 8.08. The molecule has 3 aromatic rings. The molecule has 158 valence electrons. The van der Waals surface area contributed by atoms with Crippen molar-refractivity contribution in [1.29, 1.82) is 0 Å². The van der Waals surface area contributed by atoms with Crippen molar-refractivity contribution in [1.82, 2.24) is 15.3 Å². The third-order valence-electron chi connectivity index (χ3n) is 4.72. The summed E-state index contributed by atoms with van der Waals surface area (Å²) in [6.45, 7) is 1.27. The summed E-state index contributed by atoms with van der Waals surface area (Å²) < 4.78 is 0. The lowest BCUT2D eigenvalue weighted by Gasteiger charge is -2.23. The van der Waals surface area contributed by atoms with Crippen molar-refractivity contribution in [3.63, 3.8) is 0 Å². The number of hydrogen-bond donors (Lipinski definition) is 3. The number of carbonyl (C=O) groups excluding carboxylic acids is 2. The van der Waals surface area contributed by atoms with Crippen molar-refractivity contribution in [2.24, 2.45) is 0 Å². The minimum Gasteiger partial charge on any atom is -0.369 e. The first-order valence-corrected chi connectivity index (χ1v) is 9.80. The number of terminal acetylenes is 1. The van der Waals surface area contributed by atoms with Crippen LogP contribution in [0.1, 0.15) is 28.8 Å². The number of H-pyrrole nitrogens is 1. The van der Waals surface area contributed by atoms with E-state index in [4.69, 9.17) is 12.2 Å². The number of hydrogen-bond acceptors (Lipinski definition) is 6. The molecule has 2 aromatic carbocycles. The van der Waals surface area contributed by atoms with Gasteiger partial charge in [-0.2, -0.15) is 0 Å². The van der Waals surface area contributed by atoms with Crippen LogP contribution in [0.2, 0.25) is 0 Å². The van der Waals surface area contributed by atoms with Gasteiger partial charge in [0.05, 0.1) is 17.4 Å². The summed E-state index contributed by atoms with van der Waals surface area (Å²) in [6.07, 6.45) is 7.41. The Hall–Kier alpha value is -4.12. The lowest BCUT2D eigenvalue weighted by Crippen LogP contribution is -2.25. The van der Waals surface area contributed by atoms with Gasteiger partial charge in [0.2, 0.25) is 5.95 Å². The van der Waals surface area contributed by atoms with Gasteiger partial charge in [0.1, 0.15) is 6.29 Å². The zero-order chi connectivity index (χ0) is 22.2. The molecule has 1 amide bonds. The number of aldehydes is 1. The van der Waals surface area contributed by atoms with Crippen LogP contribution in [-0.4, -0.2) is 35.3 Å². The number of nitrogens with two attached hydrogens (primary N) is 1. The van der Waals surface area contributed by atoms with E-state index >= 15 is 0 Å². The van der Waals surface area contributed by atoms with Gasteiger partial charge in [0.25, 0.3) is 11.5 Å². The van der Waals surface area contributed by atoms with Gasteiger partial charge in [0.15, 0.2) is 0 Å². The molecule has 3 rings (SSSR count). The zero-order valence-corrected chi connectivity index (χ0v) is 16.9. The summed E-state index contributed by atoms with van der Waals surface area (Å²) in [5, 5.41) is 3.24. The molecule has 8 heteroatoms. The third-order valence-corrected chi connectivity index (χ3v) is 4.72. The number of unbranched alkanes of at least 4 members (excludes halogenated alkanes) is 1. The summed E-state index contributed by atoms with van der Waals surface area (Å²) in [5.74, 6) is 2.52. The van der Waals surface area contributed by atoms with Crippen LogP contribution in [0.3, 0.4) is 0 Å². The van der Waals surface area contributed by atoms with Gasteiger partial charge in [-0.3, -0.25) is 14.6 Å². The van der Waals surface area contributed by atoms with Gasteiger partial charge in [-0.25, -0.2) is 4.98 Å². The van der Waals surface area contributed by atoms with Gasteiger partial charge in [-0.05, 0) is 48.4 Å². The van der Waals surface area contributed by atoms with E-state index < -0.39 is 0 Å². The summed E-state index contributed by atoms with van der Waals surface area (Å²) in [4.78, 5) is 43.3. The predicted octanol–water partition coefficient (Wildman–Crippen LogP) is 1.85. The summed E-state index contributed by atoms with van der Waals surface area (Å²) in [7, 11) is 0. The zero-order valence-electron chi connectivity index (χ0n) is 16.9. The lowest BCUT2D eigenvalue weighted by molar-refractivity contribution is -0.107. The minimum atomic E-state index is -0.295. The summed E-state index contributed by atoms with van der Waals surface area (Å²) >= 11 is 0. The second-order valence-corrected chi connectivity index (χ2v) is 6.97. The maximum Gasteiger partial charge on any atom is 0.260 e. The number of aromatic nitrogens is 2. The van der Waals surface area contributed by atoms with Gasteiger partial charge < -0.3 is 20.7 Å². The fraction of sp³-hybridized carbons (Fsp3) is 0.217. The molecule has 1 heterocycles. The van der Waals surface area contributed by atoms with Crippen molar-refractivity contribution >= 4 is 34.7 Å². The van der Waals surface area contributed by atoms with Crippen molar-refractivity contribution in [3.05, 3.63) is 63.9 Å². The number of nitrogens with one attached hydrogen (secondary N) is 2. The molecule has 31 heavy (non-hydrogen) atoms. The minimum absolute atomic E-state index is 0.0760. The highest BCUT2D eigenvalue weighted by Crippen LogP contribution is 2.20. The number of carbonyl (C=O) groups is 2. The second kappa shape index (κ2) is 10.1. The van der Waals surface area contributed by atoms with Crippen molar-refractivity contribution in [3.8, 4) is 12.3 Å². The first kappa shape index (κ1) is 21.6. The fourth-order valence-corrected chi connectivity index (χ4v) is 3.18. The molecule has 0 unspecified atom stereocenters. The Balaban J connectivity index is 1.75. The van der Waals surface area contributed by atoms with Crippen molar-refractivity contribution in [2.75, 3.05) is 23.7 Å². The third kappa shape index (κ3) is 5.48. The Labute approximate surface area is 179 Å². The van der Waals surface area contributed by atoms with Crippen LogP contribution >= 0.6 is 0 Å². The average Bonchev–Trinajstić information content (AvgIpc) is 2.77. The van der Waals surface area contributed by atoms with Gasteiger partial charge in [0, 0.05) is 30.8 Å². The molecular weight excluding hydrogens is 394 g/mol. The topological polar surface area (TPSA) is 121 Å². The molecule has 0 atom stereocenters. The number of benzene rings is 2. The van der Waals surface area contributed by atoms with Crippen LogP contribution in [0.25, 0.3) is 10.9 Å². The number of amides is 1. The molecule has 0 fully saturated rings. The molecule has 0 aliphatic heterocycles. The number of nitrogen functional groups attached to an aromatic ring is 1. The Bertz CT molecular complexity index is 1180. The Kier molecular flexibility index (Phi) is 7.01. The van der Waals surface area contributed by atoms with Gasteiger partial charge >= 0.3 is 0 Å². The molecule has 0 aliphatic rings. The highest BCUT2D eigenvalue weighted by atomic mass is 16.1. The molecule has 0 aliphatic carbocycles. The van der Waals surface area contributed by atoms with E-state index in [9.17, 15) is 14.4 Å². The SMILES string of the molecule is C#CCN(Cc1ccc2nc(N)[nH]c(=O)c2c1)c1ccc(C(=O)NCCCC=O)cc1. The molecule has 0 radical (unpaired) electrons. The van der Waals surface area contributed by atoms with E-state index in [2.05, 4.69) is 21.2 Å². The van der Waals surface area contributed by atoms with E-state index in [-0.39, 0.29) is 17.4 Å². The molecule has 0 saturated carbocycles. The van der Waals surface area contributed by atoms with Gasteiger partial charge in [-0.1, -0.05) is 12.0 Å². The van der Waals surface area contributed by atoms with Crippen LogP contribution in [-0.2, 0) is 11.3 Å². The predicted molar refractivity (Wildman–Crippen MR) is 121 cm³/mol. The van der Waals surface area contributed by atoms with Crippen molar-refractivity contribution in [2.45, 2.75) is 19.4 Å². The molecule has 8 nitrogen and oxygen atoms in total. The fourth-order valence-electron chi connectivity index (χ4n) is 3.18. The van der Waals surface area contributed by atoms with E-state index in [0.717, 1.165) is 17.5 Å². The molecule has 0 saturated heterocycles. The monoisotopic (exact) mass is 417 g/mol. The molecular formula is C23H23N5O3. The number of aromatic amines is 1. The number of nitrogens with zero attached hydrogens (tertiary/aromatic N) is 2. The maximum absolute atomic E-state index is 12.2. The smallest absolute Gasteiger partial charge is 0.260 e. The van der Waals surface area contributed by atoms with Gasteiger partial charge in [-0.15, -0.1) is 6.42 Å². The number of fused-ring (bicyclic) bond motifs is 1. The normalized spacial score (nSPS) is 10.4.